The largest absolute Gasteiger partial charge is 0.353 e. The first-order chi connectivity index (χ1) is 12.7. The van der Waals surface area contributed by atoms with Gasteiger partial charge in [-0.3, -0.25) is 14.7 Å². The van der Waals surface area contributed by atoms with E-state index in [0.29, 0.717) is 12.5 Å². The van der Waals surface area contributed by atoms with E-state index in [2.05, 4.69) is 33.1 Å². The fraction of sp³-hybridized carbons (Fsp3) is 0.714. The minimum absolute atomic E-state index is 0.239. The van der Waals surface area contributed by atoms with Crippen LogP contribution in [0.3, 0.4) is 0 Å². The fourth-order valence-electron chi connectivity index (χ4n) is 4.05. The lowest BCUT2D eigenvalue weighted by molar-refractivity contribution is -0.122. The number of carbonyl (C=O) groups excluding carboxylic acids is 1. The third-order valence-electron chi connectivity index (χ3n) is 5.83. The standard InChI is InChI=1S/C21H34N4O/c1-18-7-6-11-22-20(18)17-25-15-13-24(14-16-25)12-10-21(26)23-19-8-4-2-3-5-9-19/h6-7,11,19H,2-5,8-10,12-17H2,1H3,(H,23,26). The topological polar surface area (TPSA) is 48.5 Å². The van der Waals surface area contributed by atoms with Crippen molar-refractivity contribution in [3.63, 3.8) is 0 Å². The summed E-state index contributed by atoms with van der Waals surface area (Å²) in [6.07, 6.45) is 10.0. The summed E-state index contributed by atoms with van der Waals surface area (Å²) in [7, 11) is 0. The van der Waals surface area contributed by atoms with E-state index in [1.165, 1.54) is 36.9 Å². The van der Waals surface area contributed by atoms with Crippen LogP contribution in [0, 0.1) is 6.92 Å². The predicted octanol–water partition coefficient (Wildman–Crippen LogP) is 2.74. The molecular formula is C21H34N4O. The lowest BCUT2D eigenvalue weighted by Gasteiger charge is -2.34. The molecule has 0 spiro atoms. The number of piperazine rings is 1. The van der Waals surface area contributed by atoms with Crippen molar-refractivity contribution in [2.45, 2.75) is 64.5 Å². The Labute approximate surface area is 158 Å². The third-order valence-corrected chi connectivity index (χ3v) is 5.83. The first-order valence-corrected chi connectivity index (χ1v) is 10.4. The number of hydrogen-bond donors (Lipinski definition) is 1. The number of aromatic nitrogens is 1. The molecule has 5 nitrogen and oxygen atoms in total. The minimum atomic E-state index is 0.239. The highest BCUT2D eigenvalue weighted by molar-refractivity contribution is 5.76. The number of hydrogen-bond acceptors (Lipinski definition) is 4. The Balaban J connectivity index is 1.33. The molecule has 1 amide bonds. The molecule has 26 heavy (non-hydrogen) atoms. The molecule has 2 aliphatic rings. The monoisotopic (exact) mass is 358 g/mol. The predicted molar refractivity (Wildman–Crippen MR) is 105 cm³/mol. The van der Waals surface area contributed by atoms with Crippen LogP contribution < -0.4 is 5.32 Å². The molecule has 0 unspecified atom stereocenters. The molecular weight excluding hydrogens is 324 g/mol. The van der Waals surface area contributed by atoms with Gasteiger partial charge in [0.2, 0.25) is 5.91 Å². The van der Waals surface area contributed by atoms with Crippen LogP contribution in [0.25, 0.3) is 0 Å². The molecule has 1 aliphatic heterocycles. The first kappa shape index (κ1) is 19.3. The second kappa shape index (κ2) is 10.0. The fourth-order valence-corrected chi connectivity index (χ4v) is 4.05. The van der Waals surface area contributed by atoms with Crippen LogP contribution in [0.15, 0.2) is 18.3 Å². The van der Waals surface area contributed by atoms with Crippen LogP contribution in [-0.4, -0.2) is 59.5 Å². The van der Waals surface area contributed by atoms with Crippen molar-refractivity contribution in [3.05, 3.63) is 29.6 Å². The molecule has 1 saturated heterocycles. The molecule has 1 saturated carbocycles. The summed E-state index contributed by atoms with van der Waals surface area (Å²) in [6, 6.07) is 4.55. The van der Waals surface area contributed by atoms with E-state index in [4.69, 9.17) is 0 Å². The van der Waals surface area contributed by atoms with Crippen molar-refractivity contribution < 1.29 is 4.79 Å². The summed E-state index contributed by atoms with van der Waals surface area (Å²) in [6.45, 7) is 8.15. The number of nitrogens with one attached hydrogen (secondary N) is 1. The van der Waals surface area contributed by atoms with Gasteiger partial charge >= 0.3 is 0 Å². The van der Waals surface area contributed by atoms with Crippen LogP contribution in [0.5, 0.6) is 0 Å². The number of aryl methyl sites for hydroxylation is 1. The second-order valence-electron chi connectivity index (χ2n) is 7.89. The maximum absolute atomic E-state index is 12.3. The molecule has 0 radical (unpaired) electrons. The van der Waals surface area contributed by atoms with E-state index < -0.39 is 0 Å². The second-order valence-corrected chi connectivity index (χ2v) is 7.89. The summed E-state index contributed by atoms with van der Waals surface area (Å²) in [5, 5.41) is 3.26. The molecule has 2 fully saturated rings. The number of carbonyl (C=O) groups is 1. The molecule has 5 heteroatoms. The van der Waals surface area contributed by atoms with Gasteiger partial charge in [0.05, 0.1) is 5.69 Å². The van der Waals surface area contributed by atoms with Crippen LogP contribution in [0.4, 0.5) is 0 Å². The highest BCUT2D eigenvalue weighted by atomic mass is 16.1. The Morgan fingerprint density at radius 3 is 2.50 bits per heavy atom. The molecule has 1 aromatic rings. The van der Waals surface area contributed by atoms with Gasteiger partial charge < -0.3 is 10.2 Å². The van der Waals surface area contributed by atoms with Crippen molar-refractivity contribution in [3.8, 4) is 0 Å². The Hall–Kier alpha value is -1.46. The van der Waals surface area contributed by atoms with Crippen molar-refractivity contribution in [2.24, 2.45) is 0 Å². The highest BCUT2D eigenvalue weighted by Crippen LogP contribution is 2.17. The number of nitrogens with zero attached hydrogens (tertiary/aromatic N) is 3. The lowest BCUT2D eigenvalue weighted by Crippen LogP contribution is -2.47. The Morgan fingerprint density at radius 2 is 1.81 bits per heavy atom. The lowest BCUT2D eigenvalue weighted by atomic mass is 10.1. The van der Waals surface area contributed by atoms with Crippen molar-refractivity contribution in [1.29, 1.82) is 0 Å². The van der Waals surface area contributed by atoms with Gasteiger partial charge in [-0.15, -0.1) is 0 Å². The van der Waals surface area contributed by atoms with E-state index in [1.54, 1.807) is 0 Å². The maximum Gasteiger partial charge on any atom is 0.221 e. The molecule has 144 valence electrons. The summed E-state index contributed by atoms with van der Waals surface area (Å²) in [4.78, 5) is 21.7. The highest BCUT2D eigenvalue weighted by Gasteiger charge is 2.19. The minimum Gasteiger partial charge on any atom is -0.353 e. The van der Waals surface area contributed by atoms with Gasteiger partial charge in [-0.25, -0.2) is 0 Å². The number of rotatable bonds is 6. The van der Waals surface area contributed by atoms with E-state index in [-0.39, 0.29) is 5.91 Å². The van der Waals surface area contributed by atoms with Crippen LogP contribution in [-0.2, 0) is 11.3 Å². The summed E-state index contributed by atoms with van der Waals surface area (Å²) in [5.74, 6) is 0.239. The average Bonchev–Trinajstić information content (AvgIpc) is 2.92. The Kier molecular flexibility index (Phi) is 7.44. The van der Waals surface area contributed by atoms with Gasteiger partial charge in [-0.2, -0.15) is 0 Å². The first-order valence-electron chi connectivity index (χ1n) is 10.4. The zero-order valence-electron chi connectivity index (χ0n) is 16.3. The van der Waals surface area contributed by atoms with E-state index in [1.807, 2.05) is 12.3 Å². The van der Waals surface area contributed by atoms with Crippen molar-refractivity contribution in [1.82, 2.24) is 20.1 Å². The third kappa shape index (κ3) is 6.06. The molecule has 0 bridgehead atoms. The molecule has 2 heterocycles. The maximum atomic E-state index is 12.3. The van der Waals surface area contributed by atoms with Gasteiger partial charge in [-0.1, -0.05) is 31.7 Å². The normalized spacial score (nSPS) is 20.7. The molecule has 3 rings (SSSR count). The van der Waals surface area contributed by atoms with Gasteiger partial charge in [0, 0.05) is 57.9 Å². The summed E-state index contributed by atoms with van der Waals surface area (Å²) < 4.78 is 0. The quantitative estimate of drug-likeness (QED) is 0.795. The smallest absolute Gasteiger partial charge is 0.221 e. The van der Waals surface area contributed by atoms with Crippen LogP contribution >= 0.6 is 0 Å². The average molecular weight is 359 g/mol. The van der Waals surface area contributed by atoms with Gasteiger partial charge in [-0.05, 0) is 31.4 Å². The van der Waals surface area contributed by atoms with Crippen molar-refractivity contribution in [2.75, 3.05) is 32.7 Å². The zero-order valence-corrected chi connectivity index (χ0v) is 16.3. The van der Waals surface area contributed by atoms with E-state index in [9.17, 15) is 4.79 Å². The van der Waals surface area contributed by atoms with Crippen molar-refractivity contribution >= 4 is 5.91 Å². The molecule has 1 aliphatic carbocycles. The van der Waals surface area contributed by atoms with Crippen LogP contribution in [0.1, 0.15) is 56.2 Å². The van der Waals surface area contributed by atoms with E-state index in [0.717, 1.165) is 52.1 Å². The molecule has 1 N–H and O–H groups in total. The molecule has 0 aromatic carbocycles. The van der Waals surface area contributed by atoms with Gasteiger partial charge in [0.1, 0.15) is 0 Å². The molecule has 1 aromatic heterocycles. The van der Waals surface area contributed by atoms with Crippen LogP contribution in [0.2, 0.25) is 0 Å². The SMILES string of the molecule is Cc1cccnc1CN1CCN(CCC(=O)NC2CCCCCC2)CC1. The summed E-state index contributed by atoms with van der Waals surface area (Å²) >= 11 is 0. The zero-order chi connectivity index (χ0) is 18.2. The molecule has 0 atom stereocenters. The summed E-state index contributed by atoms with van der Waals surface area (Å²) in [5.41, 5.74) is 2.45. The Bertz CT molecular complexity index is 561. The van der Waals surface area contributed by atoms with Gasteiger partial charge in [0.15, 0.2) is 0 Å². The Morgan fingerprint density at radius 1 is 1.12 bits per heavy atom. The number of amides is 1. The van der Waals surface area contributed by atoms with E-state index >= 15 is 0 Å². The van der Waals surface area contributed by atoms with Gasteiger partial charge in [0.25, 0.3) is 0 Å². The number of pyridine rings is 1.